The summed E-state index contributed by atoms with van der Waals surface area (Å²) in [6, 6.07) is 3.53. The number of nitrogens with one attached hydrogen (secondary N) is 3. The summed E-state index contributed by atoms with van der Waals surface area (Å²) in [4.78, 5) is 27.4. The third-order valence-corrected chi connectivity index (χ3v) is 4.66. The molecule has 0 saturated carbocycles. The average Bonchev–Trinajstić information content (AvgIpc) is 2.64. The zero-order valence-corrected chi connectivity index (χ0v) is 13.8. The van der Waals surface area contributed by atoms with E-state index in [9.17, 15) is 9.59 Å². The Hall–Kier alpha value is -2.21. The number of aromatic nitrogens is 1. The Kier molecular flexibility index (Phi) is 5.59. The van der Waals surface area contributed by atoms with Crippen molar-refractivity contribution in [3.63, 3.8) is 0 Å². The highest BCUT2D eigenvalue weighted by molar-refractivity contribution is 5.78. The third-order valence-electron chi connectivity index (χ3n) is 4.66. The molecule has 6 nitrogen and oxygen atoms in total. The number of pyridine rings is 1. The van der Waals surface area contributed by atoms with Crippen LogP contribution in [0, 0.1) is 5.92 Å². The first-order chi connectivity index (χ1) is 11.8. The number of hydrogen-bond acceptors (Lipinski definition) is 6. The lowest BCUT2D eigenvalue weighted by molar-refractivity contribution is 0.345. The maximum Gasteiger partial charge on any atom is 0.253 e. The summed E-state index contributed by atoms with van der Waals surface area (Å²) in [7, 11) is 0. The third kappa shape index (κ3) is 4.00. The summed E-state index contributed by atoms with van der Waals surface area (Å²) in [5.74, 6) is 0.835. The number of anilines is 3. The number of piperidine rings is 1. The van der Waals surface area contributed by atoms with Gasteiger partial charge in [0, 0.05) is 24.6 Å². The summed E-state index contributed by atoms with van der Waals surface area (Å²) in [5.41, 5.74) is 0.656. The Morgan fingerprint density at radius 1 is 1.04 bits per heavy atom. The molecule has 0 aliphatic carbocycles. The topological polar surface area (TPSA) is 83.1 Å². The van der Waals surface area contributed by atoms with Crippen molar-refractivity contribution >= 4 is 17.1 Å². The van der Waals surface area contributed by atoms with Crippen LogP contribution in [0.25, 0.3) is 0 Å². The Balaban J connectivity index is 1.45. The first kappa shape index (κ1) is 16.6. The van der Waals surface area contributed by atoms with Gasteiger partial charge in [0.2, 0.25) is 0 Å². The molecule has 0 bridgehead atoms. The maximum absolute atomic E-state index is 11.7. The van der Waals surface area contributed by atoms with Crippen molar-refractivity contribution in [1.82, 2.24) is 10.3 Å². The fourth-order valence-corrected chi connectivity index (χ4v) is 3.20. The van der Waals surface area contributed by atoms with Crippen LogP contribution in [-0.4, -0.2) is 24.6 Å². The summed E-state index contributed by atoms with van der Waals surface area (Å²) >= 11 is 0. The van der Waals surface area contributed by atoms with Gasteiger partial charge in [-0.25, -0.2) is 0 Å². The normalized spacial score (nSPS) is 15.5. The molecule has 1 aliphatic rings. The lowest BCUT2D eigenvalue weighted by atomic mass is 9.92. The molecule has 6 heteroatoms. The van der Waals surface area contributed by atoms with Crippen molar-refractivity contribution in [2.75, 3.05) is 30.3 Å². The molecule has 128 valence electrons. The smallest absolute Gasteiger partial charge is 0.253 e. The molecule has 0 amide bonds. The molecule has 24 heavy (non-hydrogen) atoms. The minimum absolute atomic E-state index is 0.365. The van der Waals surface area contributed by atoms with Crippen LogP contribution >= 0.6 is 0 Å². The summed E-state index contributed by atoms with van der Waals surface area (Å²) in [6.07, 6.45) is 9.23. The minimum Gasteiger partial charge on any atom is -0.380 e. The van der Waals surface area contributed by atoms with Crippen LogP contribution in [-0.2, 0) is 0 Å². The van der Waals surface area contributed by atoms with Crippen molar-refractivity contribution < 1.29 is 0 Å². The van der Waals surface area contributed by atoms with Gasteiger partial charge in [-0.05, 0) is 50.4 Å². The average molecular weight is 328 g/mol. The molecule has 1 aromatic carbocycles. The predicted molar refractivity (Wildman–Crippen MR) is 96.8 cm³/mol. The van der Waals surface area contributed by atoms with Crippen LogP contribution < -0.4 is 26.8 Å². The number of unbranched alkanes of at least 4 members (excludes halogenated alkanes) is 1. The van der Waals surface area contributed by atoms with Gasteiger partial charge in [0.15, 0.2) is 0 Å². The van der Waals surface area contributed by atoms with E-state index in [-0.39, 0.29) is 0 Å². The van der Waals surface area contributed by atoms with Gasteiger partial charge in [0.05, 0.1) is 0 Å². The van der Waals surface area contributed by atoms with Gasteiger partial charge in [-0.3, -0.25) is 14.6 Å². The van der Waals surface area contributed by atoms with Gasteiger partial charge in [0.25, 0.3) is 10.9 Å². The SMILES string of the molecule is O=c1c(NCCCCC2CCNCC2)c(Nc2ccncc2)c1=O. The first-order valence-electron chi connectivity index (χ1n) is 8.70. The predicted octanol–water partition coefficient (Wildman–Crippen LogP) is 2.00. The van der Waals surface area contributed by atoms with Crippen LogP contribution in [0.15, 0.2) is 34.1 Å². The van der Waals surface area contributed by atoms with Crippen molar-refractivity contribution in [3.8, 4) is 0 Å². The standard InChI is InChI=1S/C18H24N4O2/c23-17-15(16(18(17)24)22-14-6-11-20-12-7-14)21-8-2-1-3-13-4-9-19-10-5-13/h6-7,11-13,19,21H,1-5,8-10H2,(H,20,22). The van der Waals surface area contributed by atoms with Gasteiger partial charge in [0.1, 0.15) is 11.4 Å². The summed E-state index contributed by atoms with van der Waals surface area (Å²) < 4.78 is 0. The molecule has 0 atom stereocenters. The molecule has 1 aromatic heterocycles. The van der Waals surface area contributed by atoms with Crippen molar-refractivity contribution in [3.05, 3.63) is 45.0 Å². The van der Waals surface area contributed by atoms with Gasteiger partial charge in [-0.1, -0.05) is 12.8 Å². The second-order valence-corrected chi connectivity index (χ2v) is 6.39. The van der Waals surface area contributed by atoms with Gasteiger partial charge >= 0.3 is 0 Å². The largest absolute Gasteiger partial charge is 0.380 e. The van der Waals surface area contributed by atoms with Crippen LogP contribution in [0.3, 0.4) is 0 Å². The molecule has 0 unspecified atom stereocenters. The van der Waals surface area contributed by atoms with Gasteiger partial charge < -0.3 is 16.0 Å². The highest BCUT2D eigenvalue weighted by Gasteiger charge is 2.20. The van der Waals surface area contributed by atoms with Crippen LogP contribution in [0.2, 0.25) is 0 Å². The quantitative estimate of drug-likeness (QED) is 0.508. The van der Waals surface area contributed by atoms with Crippen LogP contribution in [0.1, 0.15) is 32.1 Å². The first-order valence-corrected chi connectivity index (χ1v) is 8.70. The molecule has 2 aromatic rings. The van der Waals surface area contributed by atoms with Crippen LogP contribution in [0.4, 0.5) is 17.1 Å². The number of hydrogen-bond donors (Lipinski definition) is 3. The summed E-state index contributed by atoms with van der Waals surface area (Å²) in [6.45, 7) is 2.99. The molecule has 1 fully saturated rings. The molecular formula is C18H24N4O2. The second kappa shape index (κ2) is 8.06. The Bertz CT molecular complexity index is 716. The van der Waals surface area contributed by atoms with Crippen molar-refractivity contribution in [1.29, 1.82) is 0 Å². The zero-order valence-electron chi connectivity index (χ0n) is 13.8. The number of rotatable bonds is 8. The van der Waals surface area contributed by atoms with E-state index in [0.29, 0.717) is 11.4 Å². The van der Waals surface area contributed by atoms with Gasteiger partial charge in [-0.2, -0.15) is 0 Å². The molecule has 0 radical (unpaired) electrons. The van der Waals surface area contributed by atoms with E-state index in [1.165, 1.54) is 19.3 Å². The van der Waals surface area contributed by atoms with E-state index in [0.717, 1.165) is 44.1 Å². The highest BCUT2D eigenvalue weighted by atomic mass is 16.2. The molecule has 3 N–H and O–H groups in total. The van der Waals surface area contributed by atoms with E-state index in [1.54, 1.807) is 24.5 Å². The molecular weight excluding hydrogens is 304 g/mol. The zero-order chi connectivity index (χ0) is 16.8. The Labute approximate surface area is 141 Å². The van der Waals surface area contributed by atoms with Crippen molar-refractivity contribution in [2.24, 2.45) is 5.92 Å². The van der Waals surface area contributed by atoms with Crippen molar-refractivity contribution in [2.45, 2.75) is 32.1 Å². The maximum atomic E-state index is 11.7. The van der Waals surface area contributed by atoms with E-state index in [4.69, 9.17) is 0 Å². The molecule has 3 rings (SSSR count). The fourth-order valence-electron chi connectivity index (χ4n) is 3.20. The molecule has 2 heterocycles. The lowest BCUT2D eigenvalue weighted by Crippen LogP contribution is -2.36. The van der Waals surface area contributed by atoms with E-state index in [2.05, 4.69) is 20.9 Å². The highest BCUT2D eigenvalue weighted by Crippen LogP contribution is 2.21. The van der Waals surface area contributed by atoms with Crippen LogP contribution in [0.5, 0.6) is 0 Å². The van der Waals surface area contributed by atoms with Gasteiger partial charge in [-0.15, -0.1) is 0 Å². The minimum atomic E-state index is -0.455. The molecule has 1 aliphatic heterocycles. The lowest BCUT2D eigenvalue weighted by Gasteiger charge is -2.22. The van der Waals surface area contributed by atoms with E-state index >= 15 is 0 Å². The Morgan fingerprint density at radius 3 is 2.50 bits per heavy atom. The Morgan fingerprint density at radius 2 is 1.75 bits per heavy atom. The second-order valence-electron chi connectivity index (χ2n) is 6.39. The number of nitrogens with zero attached hydrogens (tertiary/aromatic N) is 1. The van der Waals surface area contributed by atoms with E-state index in [1.807, 2.05) is 0 Å². The van der Waals surface area contributed by atoms with E-state index < -0.39 is 10.9 Å². The summed E-state index contributed by atoms with van der Waals surface area (Å²) in [5, 5.41) is 9.51. The molecule has 1 saturated heterocycles. The fraction of sp³-hybridized carbons (Fsp3) is 0.500. The monoisotopic (exact) mass is 328 g/mol. The molecule has 0 spiro atoms.